The molecule has 0 atom stereocenters. The fourth-order valence-corrected chi connectivity index (χ4v) is 14.5. The van der Waals surface area contributed by atoms with Crippen LogP contribution in [0.4, 0.5) is 0 Å². The van der Waals surface area contributed by atoms with Crippen LogP contribution in [0.25, 0.3) is 11.1 Å². The van der Waals surface area contributed by atoms with Crippen LogP contribution in [0.1, 0.15) is 0 Å². The zero-order valence-electron chi connectivity index (χ0n) is 14.6. The van der Waals surface area contributed by atoms with E-state index in [0.29, 0.717) is 0 Å². The van der Waals surface area contributed by atoms with Gasteiger partial charge in [-0.15, -0.1) is 0 Å². The summed E-state index contributed by atoms with van der Waals surface area (Å²) in [5, 5.41) is 0. The summed E-state index contributed by atoms with van der Waals surface area (Å²) in [6, 6.07) is 20.8. The van der Waals surface area contributed by atoms with Gasteiger partial charge in [0.05, 0.1) is 0 Å². The molecule has 2 aromatic carbocycles. The zero-order valence-corrected chi connectivity index (χ0v) is 24.5. The summed E-state index contributed by atoms with van der Waals surface area (Å²) in [6.07, 6.45) is 0. The largest absolute Gasteiger partial charge is 0.425 e. The molecule has 1 fully saturated rings. The van der Waals surface area contributed by atoms with Crippen LogP contribution in [0, 0.1) is 0 Å². The number of hydrogen-bond donors (Lipinski definition) is 0. The topological polar surface area (TPSA) is 64.6 Å². The van der Waals surface area contributed by atoms with Crippen LogP contribution >= 0.6 is 0 Å². The van der Waals surface area contributed by atoms with Gasteiger partial charge in [-0.3, -0.25) is 0 Å². The maximum Gasteiger partial charge on any atom is 0.286 e. The van der Waals surface area contributed by atoms with Crippen molar-refractivity contribution in [3.05, 3.63) is 60.7 Å². The predicted octanol–water partition coefficient (Wildman–Crippen LogP) is -3.54. The Hall–Kier alpha value is -0.322. The minimum Gasteiger partial charge on any atom is -0.425 e. The van der Waals surface area contributed by atoms with Gasteiger partial charge in [0.25, 0.3) is 70.0 Å². The van der Waals surface area contributed by atoms with Gasteiger partial charge in [-0.05, 0) is 11.1 Å². The lowest BCUT2D eigenvalue weighted by atomic mass is 10.1. The Bertz CT molecular complexity index is 478. The highest BCUT2D eigenvalue weighted by Gasteiger charge is 1.97. The van der Waals surface area contributed by atoms with Crippen LogP contribution in [0.15, 0.2) is 60.7 Å². The van der Waals surface area contributed by atoms with Gasteiger partial charge in [0.1, 0.15) is 0 Å². The molecule has 14 heteroatoms. The monoisotopic (exact) mass is 476 g/mol. The smallest absolute Gasteiger partial charge is 0.286 e. The van der Waals surface area contributed by atoms with Gasteiger partial charge in [0.15, 0.2) is 0 Å². The minimum atomic E-state index is -0.835. The third-order valence-electron chi connectivity index (χ3n) is 3.05. The van der Waals surface area contributed by atoms with Gasteiger partial charge in [-0.1, -0.05) is 60.7 Å². The van der Waals surface area contributed by atoms with Crippen molar-refractivity contribution in [1.29, 1.82) is 0 Å². The minimum absolute atomic E-state index is 0.835. The molecule has 0 unspecified atom stereocenters. The van der Waals surface area contributed by atoms with E-state index in [-0.39, 0.29) is 0 Å². The lowest BCUT2D eigenvalue weighted by molar-refractivity contribution is 0.348. The maximum absolute atomic E-state index is 5.28. The van der Waals surface area contributed by atoms with Crippen LogP contribution in [-0.4, -0.2) is 70.0 Å². The Morgan fingerprint density at radius 3 is 0.808 bits per heavy atom. The Morgan fingerprint density at radius 1 is 0.346 bits per heavy atom. The number of benzene rings is 2. The second kappa shape index (κ2) is 15.7. The standard InChI is InChI=1S/C12H10.H14O7Si7/c1-3-7-11(8-4-1)12-9-5-2-6-10-12;1-8-2-10-4-12-6-14-7-13-5-11-3-9-1/h1-10H;8-14H2. The van der Waals surface area contributed by atoms with E-state index in [9.17, 15) is 0 Å². The summed E-state index contributed by atoms with van der Waals surface area (Å²) < 4.78 is 37.0. The van der Waals surface area contributed by atoms with Crippen molar-refractivity contribution in [3.8, 4) is 11.1 Å². The van der Waals surface area contributed by atoms with Crippen molar-refractivity contribution in [1.82, 2.24) is 0 Å². The molecule has 7 nitrogen and oxygen atoms in total. The SMILES string of the molecule is O1[SiH2]O[SiH2]O[SiH2]O[SiH2]O[SiH2]O[SiH2]O[SiH2]1.c1ccc(-c2ccccc2)cc1. The molecule has 1 saturated heterocycles. The average Bonchev–Trinajstić information content (AvgIpc) is 2.72. The van der Waals surface area contributed by atoms with Crippen LogP contribution in [0.2, 0.25) is 0 Å². The Balaban J connectivity index is 0.000000189. The van der Waals surface area contributed by atoms with Crippen LogP contribution in [-0.2, 0) is 28.8 Å². The molecule has 0 N–H and O–H groups in total. The lowest BCUT2D eigenvalue weighted by Crippen LogP contribution is -2.23. The van der Waals surface area contributed by atoms with Crippen molar-refractivity contribution in [2.45, 2.75) is 0 Å². The quantitative estimate of drug-likeness (QED) is 0.395. The molecular weight excluding hydrogens is 453 g/mol. The van der Waals surface area contributed by atoms with E-state index in [1.807, 2.05) is 12.1 Å². The second-order valence-electron chi connectivity index (χ2n) is 4.99. The highest BCUT2D eigenvalue weighted by atomic mass is 28.4. The molecule has 1 aliphatic heterocycles. The molecule has 0 bridgehead atoms. The molecule has 0 spiro atoms. The fraction of sp³-hybridized carbons (Fsp3) is 0. The van der Waals surface area contributed by atoms with Crippen molar-refractivity contribution in [2.75, 3.05) is 0 Å². The lowest BCUT2D eigenvalue weighted by Gasteiger charge is -2.10. The first-order chi connectivity index (χ1) is 13.0. The van der Waals surface area contributed by atoms with Gasteiger partial charge in [0, 0.05) is 0 Å². The third kappa shape index (κ3) is 10.7. The molecule has 0 aliphatic carbocycles. The summed E-state index contributed by atoms with van der Waals surface area (Å²) in [6.45, 7) is 0. The molecule has 0 aromatic heterocycles. The normalized spacial score (nSPS) is 23.8. The molecule has 26 heavy (non-hydrogen) atoms. The van der Waals surface area contributed by atoms with Gasteiger partial charge in [0.2, 0.25) is 0 Å². The second-order valence-corrected chi connectivity index (χ2v) is 18.1. The molecule has 3 rings (SSSR count). The first-order valence-electron chi connectivity index (χ1n) is 8.11. The molecule has 0 saturated carbocycles. The van der Waals surface area contributed by atoms with E-state index >= 15 is 0 Å². The fourth-order valence-electron chi connectivity index (χ4n) is 1.91. The van der Waals surface area contributed by atoms with Crippen LogP contribution < -0.4 is 0 Å². The summed E-state index contributed by atoms with van der Waals surface area (Å²) in [5.41, 5.74) is 2.55. The third-order valence-corrected chi connectivity index (χ3v) is 12.4. The molecule has 0 radical (unpaired) electrons. The zero-order chi connectivity index (χ0) is 18.1. The molecular formula is C12H24O7Si7. The molecule has 142 valence electrons. The van der Waals surface area contributed by atoms with Crippen molar-refractivity contribution >= 4 is 70.0 Å². The van der Waals surface area contributed by atoms with Gasteiger partial charge >= 0.3 is 0 Å². The first-order valence-corrected chi connectivity index (χ1v) is 16.2. The van der Waals surface area contributed by atoms with Gasteiger partial charge in [-0.2, -0.15) is 0 Å². The molecule has 1 heterocycles. The summed E-state index contributed by atoms with van der Waals surface area (Å²) in [7, 11) is -5.84. The van der Waals surface area contributed by atoms with E-state index < -0.39 is 70.0 Å². The summed E-state index contributed by atoms with van der Waals surface area (Å²) in [4.78, 5) is 0. The Labute approximate surface area is 170 Å². The van der Waals surface area contributed by atoms with E-state index in [4.69, 9.17) is 28.8 Å². The average molecular weight is 477 g/mol. The number of hydrogen-bond acceptors (Lipinski definition) is 7. The van der Waals surface area contributed by atoms with E-state index in [0.717, 1.165) is 0 Å². The summed E-state index contributed by atoms with van der Waals surface area (Å²) >= 11 is 0. The highest BCUT2D eigenvalue weighted by molar-refractivity contribution is 6.50. The summed E-state index contributed by atoms with van der Waals surface area (Å²) in [5.74, 6) is 0. The van der Waals surface area contributed by atoms with Crippen molar-refractivity contribution in [3.63, 3.8) is 0 Å². The number of rotatable bonds is 1. The van der Waals surface area contributed by atoms with Gasteiger partial charge < -0.3 is 28.8 Å². The maximum atomic E-state index is 5.28. The predicted molar refractivity (Wildman–Crippen MR) is 119 cm³/mol. The van der Waals surface area contributed by atoms with E-state index in [2.05, 4.69) is 48.5 Å². The first kappa shape index (κ1) is 22.0. The van der Waals surface area contributed by atoms with Crippen molar-refractivity contribution < 1.29 is 28.8 Å². The molecule has 1 aliphatic rings. The Morgan fingerprint density at radius 2 is 0.577 bits per heavy atom. The van der Waals surface area contributed by atoms with Crippen LogP contribution in [0.3, 0.4) is 0 Å². The highest BCUT2D eigenvalue weighted by Crippen LogP contribution is 2.17. The van der Waals surface area contributed by atoms with E-state index in [1.165, 1.54) is 11.1 Å². The van der Waals surface area contributed by atoms with Gasteiger partial charge in [-0.25, -0.2) is 0 Å². The molecule has 0 amide bonds. The van der Waals surface area contributed by atoms with Crippen molar-refractivity contribution in [2.24, 2.45) is 0 Å². The van der Waals surface area contributed by atoms with Crippen LogP contribution in [0.5, 0.6) is 0 Å². The van der Waals surface area contributed by atoms with E-state index in [1.54, 1.807) is 0 Å². The molecule has 2 aromatic rings. The Kier molecular flexibility index (Phi) is 13.3.